The molecule has 27 heavy (non-hydrogen) atoms. The minimum atomic E-state index is -0.228. The second-order valence-corrected chi connectivity index (χ2v) is 7.69. The Hall–Kier alpha value is -2.77. The normalized spacial score (nSPS) is 11.2. The number of halogens is 1. The van der Waals surface area contributed by atoms with Crippen molar-refractivity contribution in [1.82, 2.24) is 19.9 Å². The van der Waals surface area contributed by atoms with Crippen LogP contribution in [0.25, 0.3) is 15.9 Å². The Morgan fingerprint density at radius 1 is 1.22 bits per heavy atom. The third kappa shape index (κ3) is 3.56. The predicted octanol–water partition coefficient (Wildman–Crippen LogP) is 3.24. The van der Waals surface area contributed by atoms with Crippen LogP contribution < -0.4 is 10.9 Å². The van der Waals surface area contributed by atoms with E-state index in [2.05, 4.69) is 15.4 Å². The van der Waals surface area contributed by atoms with Crippen LogP contribution in [0.4, 0.5) is 0 Å². The van der Waals surface area contributed by atoms with E-state index >= 15 is 0 Å². The number of aromatic nitrogens is 3. The summed E-state index contributed by atoms with van der Waals surface area (Å²) in [5.74, 6) is -0.201. The maximum Gasteiger partial charge on any atom is 0.283 e. The Morgan fingerprint density at radius 3 is 2.78 bits per heavy atom. The van der Waals surface area contributed by atoms with Gasteiger partial charge in [0.1, 0.15) is 5.01 Å². The van der Waals surface area contributed by atoms with Crippen LogP contribution in [0.15, 0.2) is 47.3 Å². The smallest absolute Gasteiger partial charge is 0.283 e. The van der Waals surface area contributed by atoms with E-state index in [-0.39, 0.29) is 11.5 Å². The van der Waals surface area contributed by atoms with Crippen molar-refractivity contribution in [2.24, 2.45) is 0 Å². The predicted molar refractivity (Wildman–Crippen MR) is 107 cm³/mol. The number of carbonyl (C=O) groups excluding carboxylic acids is 1. The molecule has 0 saturated carbocycles. The number of aryl methyl sites for hydroxylation is 1. The van der Waals surface area contributed by atoms with Crippen LogP contribution >= 0.6 is 22.9 Å². The largest absolute Gasteiger partial charge is 0.352 e. The highest BCUT2D eigenvalue weighted by molar-refractivity contribution is 7.16. The van der Waals surface area contributed by atoms with E-state index in [4.69, 9.17) is 11.6 Å². The number of amides is 1. The average molecular weight is 399 g/mol. The third-order valence-corrected chi connectivity index (χ3v) is 5.25. The van der Waals surface area contributed by atoms with Gasteiger partial charge in [0, 0.05) is 17.1 Å². The molecular weight excluding hydrogens is 384 g/mol. The lowest BCUT2D eigenvalue weighted by Crippen LogP contribution is -2.26. The van der Waals surface area contributed by atoms with E-state index in [0.717, 1.165) is 10.6 Å². The molecule has 0 radical (unpaired) electrons. The number of fused-ring (bicyclic) bond motifs is 2. The molecule has 1 N–H and O–H groups in total. The SMILES string of the molecule is Cc1nn2c(=O)c3ccc(C(=O)NCCc4ccc(Cl)cc4)cc3nc2s1. The maximum absolute atomic E-state index is 12.5. The van der Waals surface area contributed by atoms with E-state index in [9.17, 15) is 9.59 Å². The summed E-state index contributed by atoms with van der Waals surface area (Å²) in [4.78, 5) is 29.9. The molecule has 4 aromatic rings. The molecule has 0 aliphatic carbocycles. The lowest BCUT2D eigenvalue weighted by molar-refractivity contribution is 0.0954. The fourth-order valence-electron chi connectivity index (χ4n) is 2.82. The quantitative estimate of drug-likeness (QED) is 0.572. The van der Waals surface area contributed by atoms with Crippen molar-refractivity contribution in [2.75, 3.05) is 6.54 Å². The molecule has 2 aromatic carbocycles. The minimum Gasteiger partial charge on any atom is -0.352 e. The van der Waals surface area contributed by atoms with Crippen LogP contribution in [0.2, 0.25) is 5.02 Å². The molecule has 0 bridgehead atoms. The number of rotatable bonds is 4. The van der Waals surface area contributed by atoms with Gasteiger partial charge in [0.2, 0.25) is 4.96 Å². The summed E-state index contributed by atoms with van der Waals surface area (Å²) in [6.07, 6.45) is 0.705. The van der Waals surface area contributed by atoms with Crippen molar-refractivity contribution in [1.29, 1.82) is 0 Å². The van der Waals surface area contributed by atoms with Gasteiger partial charge in [-0.2, -0.15) is 9.61 Å². The first-order valence-electron chi connectivity index (χ1n) is 8.34. The molecule has 0 fully saturated rings. The molecule has 2 aromatic heterocycles. The van der Waals surface area contributed by atoms with Crippen LogP contribution in [0, 0.1) is 6.92 Å². The van der Waals surface area contributed by atoms with E-state index in [1.807, 2.05) is 31.2 Å². The number of hydrogen-bond acceptors (Lipinski definition) is 5. The van der Waals surface area contributed by atoms with Gasteiger partial charge in [0.25, 0.3) is 11.5 Å². The number of nitrogens with zero attached hydrogens (tertiary/aromatic N) is 3. The maximum atomic E-state index is 12.5. The summed E-state index contributed by atoms with van der Waals surface area (Å²) in [5.41, 5.74) is 1.83. The highest BCUT2D eigenvalue weighted by atomic mass is 35.5. The van der Waals surface area contributed by atoms with Crippen molar-refractivity contribution < 1.29 is 4.79 Å². The molecule has 1 amide bonds. The molecule has 8 heteroatoms. The third-order valence-electron chi connectivity index (χ3n) is 4.17. The fourth-order valence-corrected chi connectivity index (χ4v) is 3.69. The van der Waals surface area contributed by atoms with E-state index in [1.54, 1.807) is 18.2 Å². The molecule has 0 aliphatic heterocycles. The second-order valence-electron chi connectivity index (χ2n) is 6.10. The van der Waals surface area contributed by atoms with Gasteiger partial charge in [-0.3, -0.25) is 9.59 Å². The summed E-state index contributed by atoms with van der Waals surface area (Å²) in [5, 5.41) is 8.94. The van der Waals surface area contributed by atoms with E-state index < -0.39 is 0 Å². The molecule has 4 rings (SSSR count). The molecule has 0 aliphatic rings. The first kappa shape index (κ1) is 17.6. The second kappa shape index (κ2) is 7.09. The van der Waals surface area contributed by atoms with Gasteiger partial charge in [-0.15, -0.1) is 0 Å². The molecule has 0 atom stereocenters. The standard InChI is InChI=1S/C19H15ClN4O2S/c1-11-23-24-18(26)15-7-4-13(10-16(15)22-19(24)27-11)17(25)21-9-8-12-2-5-14(20)6-3-12/h2-7,10H,8-9H2,1H3,(H,21,25). The van der Waals surface area contributed by atoms with Crippen molar-refractivity contribution >= 4 is 44.7 Å². The number of hydrogen-bond donors (Lipinski definition) is 1. The fraction of sp³-hybridized carbons (Fsp3) is 0.158. The van der Waals surface area contributed by atoms with Gasteiger partial charge in [-0.1, -0.05) is 35.1 Å². The summed E-state index contributed by atoms with van der Waals surface area (Å²) >= 11 is 7.21. The zero-order valence-electron chi connectivity index (χ0n) is 14.4. The van der Waals surface area contributed by atoms with E-state index in [1.165, 1.54) is 15.9 Å². The Morgan fingerprint density at radius 2 is 2.00 bits per heavy atom. The first-order valence-corrected chi connectivity index (χ1v) is 9.53. The van der Waals surface area contributed by atoms with Gasteiger partial charge >= 0.3 is 0 Å². The van der Waals surface area contributed by atoms with Gasteiger partial charge in [0.15, 0.2) is 0 Å². The zero-order chi connectivity index (χ0) is 19.0. The van der Waals surface area contributed by atoms with Crippen LogP contribution in [0.5, 0.6) is 0 Å². The molecule has 6 nitrogen and oxygen atoms in total. The summed E-state index contributed by atoms with van der Waals surface area (Å²) in [6, 6.07) is 12.4. The monoisotopic (exact) mass is 398 g/mol. The topological polar surface area (TPSA) is 76.4 Å². The molecule has 2 heterocycles. The van der Waals surface area contributed by atoms with Gasteiger partial charge in [-0.25, -0.2) is 4.98 Å². The Labute approximate surface area is 163 Å². The van der Waals surface area contributed by atoms with E-state index in [0.29, 0.717) is 39.4 Å². The van der Waals surface area contributed by atoms with Gasteiger partial charge < -0.3 is 5.32 Å². The van der Waals surface area contributed by atoms with Crippen LogP contribution in [0.1, 0.15) is 20.9 Å². The van der Waals surface area contributed by atoms with Gasteiger partial charge in [-0.05, 0) is 49.2 Å². The molecule has 136 valence electrons. The highest BCUT2D eigenvalue weighted by Gasteiger charge is 2.12. The first-order chi connectivity index (χ1) is 13.0. The summed E-state index contributed by atoms with van der Waals surface area (Å²) < 4.78 is 1.30. The number of benzene rings is 2. The highest BCUT2D eigenvalue weighted by Crippen LogP contribution is 2.16. The van der Waals surface area contributed by atoms with Crippen molar-refractivity contribution in [3.63, 3.8) is 0 Å². The molecule has 0 spiro atoms. The van der Waals surface area contributed by atoms with Crippen LogP contribution in [-0.4, -0.2) is 27.0 Å². The van der Waals surface area contributed by atoms with Gasteiger partial charge in [0.05, 0.1) is 10.9 Å². The minimum absolute atomic E-state index is 0.201. The Balaban J connectivity index is 1.54. The Kier molecular flexibility index (Phi) is 4.63. The number of nitrogens with one attached hydrogen (secondary N) is 1. The molecule has 0 saturated heterocycles. The van der Waals surface area contributed by atoms with Crippen LogP contribution in [-0.2, 0) is 6.42 Å². The van der Waals surface area contributed by atoms with Crippen LogP contribution in [0.3, 0.4) is 0 Å². The number of carbonyl (C=O) groups is 1. The van der Waals surface area contributed by atoms with Crippen molar-refractivity contribution in [3.8, 4) is 0 Å². The average Bonchev–Trinajstić information content (AvgIpc) is 3.03. The molecule has 0 unspecified atom stereocenters. The summed E-state index contributed by atoms with van der Waals surface area (Å²) in [7, 11) is 0. The van der Waals surface area contributed by atoms with Crippen molar-refractivity contribution in [2.45, 2.75) is 13.3 Å². The Bertz CT molecular complexity index is 1210. The lowest BCUT2D eigenvalue weighted by atomic mass is 10.1. The zero-order valence-corrected chi connectivity index (χ0v) is 16.0. The van der Waals surface area contributed by atoms with Crippen molar-refractivity contribution in [3.05, 3.63) is 74.0 Å². The lowest BCUT2D eigenvalue weighted by Gasteiger charge is -2.06. The summed E-state index contributed by atoms with van der Waals surface area (Å²) in [6.45, 7) is 2.32. The molecular formula is C19H15ClN4O2S.